The number of nitrogens with one attached hydrogen (secondary N) is 1. The molecule has 5 nitrogen and oxygen atoms in total. The van der Waals surface area contributed by atoms with Gasteiger partial charge in [-0.2, -0.15) is 0 Å². The first kappa shape index (κ1) is 15.3. The molecule has 1 aromatic carbocycles. The standard InChI is InChI=1S/C16H21N3O2S/c1-19-7-2-3-14(19)10-13-11-18-16-5-4-12(9-15(13)16)6-8-22(17,20)21/h4-6,8-9,11,14,18H,2-3,7,10H2,1H3,(H2,17,20,21)/t14-/m1/s1. The number of hydrogen-bond acceptors (Lipinski definition) is 3. The first-order valence-corrected chi connectivity index (χ1v) is 9.04. The van der Waals surface area contributed by atoms with Crippen molar-refractivity contribution in [3.63, 3.8) is 0 Å². The first-order valence-electron chi connectivity index (χ1n) is 7.43. The van der Waals surface area contributed by atoms with Gasteiger partial charge >= 0.3 is 0 Å². The van der Waals surface area contributed by atoms with Crippen LogP contribution in [0.25, 0.3) is 17.0 Å². The summed E-state index contributed by atoms with van der Waals surface area (Å²) in [5.41, 5.74) is 3.19. The average Bonchev–Trinajstić information content (AvgIpc) is 3.04. The third kappa shape index (κ3) is 3.40. The van der Waals surface area contributed by atoms with Crippen molar-refractivity contribution in [1.82, 2.24) is 9.88 Å². The SMILES string of the molecule is CN1CCC[C@@H]1Cc1c[nH]c2ccc(C=CS(N)(=O)=O)cc12. The molecule has 1 fully saturated rings. The van der Waals surface area contributed by atoms with Crippen molar-refractivity contribution >= 4 is 27.0 Å². The lowest BCUT2D eigenvalue weighted by atomic mass is 10.0. The molecule has 0 unspecified atom stereocenters. The molecule has 6 heteroatoms. The van der Waals surface area contributed by atoms with E-state index in [0.717, 1.165) is 34.8 Å². The van der Waals surface area contributed by atoms with Crippen molar-refractivity contribution < 1.29 is 8.42 Å². The Morgan fingerprint density at radius 3 is 2.95 bits per heavy atom. The number of primary sulfonamides is 1. The molecule has 1 saturated heterocycles. The van der Waals surface area contributed by atoms with Gasteiger partial charge in [-0.25, -0.2) is 13.6 Å². The summed E-state index contributed by atoms with van der Waals surface area (Å²) in [5.74, 6) is 0. The molecule has 3 N–H and O–H groups in total. The second-order valence-electron chi connectivity index (χ2n) is 5.99. The van der Waals surface area contributed by atoms with E-state index in [0.29, 0.717) is 6.04 Å². The Labute approximate surface area is 130 Å². The van der Waals surface area contributed by atoms with Gasteiger partial charge in [0.1, 0.15) is 0 Å². The van der Waals surface area contributed by atoms with E-state index in [-0.39, 0.29) is 0 Å². The van der Waals surface area contributed by atoms with Crippen molar-refractivity contribution in [2.24, 2.45) is 5.14 Å². The maximum Gasteiger partial charge on any atom is 0.231 e. The van der Waals surface area contributed by atoms with E-state index >= 15 is 0 Å². The van der Waals surface area contributed by atoms with E-state index in [1.165, 1.54) is 24.5 Å². The highest BCUT2D eigenvalue weighted by molar-refractivity contribution is 7.92. The summed E-state index contributed by atoms with van der Waals surface area (Å²) < 4.78 is 22.1. The van der Waals surface area contributed by atoms with Gasteiger partial charge in [-0.1, -0.05) is 6.07 Å². The van der Waals surface area contributed by atoms with E-state index in [4.69, 9.17) is 5.14 Å². The summed E-state index contributed by atoms with van der Waals surface area (Å²) in [6.07, 6.45) is 7.09. The molecule has 1 aromatic heterocycles. The molecule has 1 aliphatic heterocycles. The molecule has 118 valence electrons. The van der Waals surface area contributed by atoms with E-state index in [2.05, 4.69) is 23.1 Å². The lowest BCUT2D eigenvalue weighted by Crippen LogP contribution is -2.26. The normalized spacial score (nSPS) is 20.4. The fourth-order valence-electron chi connectivity index (χ4n) is 3.13. The minimum Gasteiger partial charge on any atom is -0.361 e. The van der Waals surface area contributed by atoms with Crippen LogP contribution in [0.3, 0.4) is 0 Å². The van der Waals surface area contributed by atoms with Crippen LogP contribution in [0.2, 0.25) is 0 Å². The van der Waals surface area contributed by atoms with Crippen molar-refractivity contribution in [2.45, 2.75) is 25.3 Å². The van der Waals surface area contributed by atoms with Gasteiger partial charge < -0.3 is 9.88 Å². The van der Waals surface area contributed by atoms with Gasteiger partial charge in [0.2, 0.25) is 10.0 Å². The summed E-state index contributed by atoms with van der Waals surface area (Å²) in [6.45, 7) is 1.16. The van der Waals surface area contributed by atoms with Crippen molar-refractivity contribution in [3.8, 4) is 0 Å². The third-order valence-corrected chi connectivity index (χ3v) is 4.88. The maximum atomic E-state index is 11.0. The zero-order chi connectivity index (χ0) is 15.7. The fraction of sp³-hybridized carbons (Fsp3) is 0.375. The molecule has 0 spiro atoms. The Bertz CT molecular complexity index is 808. The Morgan fingerprint density at radius 1 is 1.45 bits per heavy atom. The van der Waals surface area contributed by atoms with Gasteiger partial charge in [-0.05, 0) is 62.2 Å². The van der Waals surface area contributed by atoms with Gasteiger partial charge in [0.05, 0.1) is 0 Å². The highest BCUT2D eigenvalue weighted by Gasteiger charge is 2.22. The van der Waals surface area contributed by atoms with Crippen molar-refractivity contribution in [1.29, 1.82) is 0 Å². The molecular weight excluding hydrogens is 298 g/mol. The number of nitrogens with two attached hydrogens (primary N) is 1. The Balaban J connectivity index is 1.90. The lowest BCUT2D eigenvalue weighted by Gasteiger charge is -2.18. The van der Waals surface area contributed by atoms with Crippen molar-refractivity contribution in [2.75, 3.05) is 13.6 Å². The minimum atomic E-state index is -3.59. The molecule has 0 aliphatic carbocycles. The van der Waals surface area contributed by atoms with Crippen LogP contribution in [0.5, 0.6) is 0 Å². The molecule has 1 atom stereocenters. The number of aromatic amines is 1. The van der Waals surface area contributed by atoms with Crippen LogP contribution in [-0.2, 0) is 16.4 Å². The molecular formula is C16H21N3O2S. The maximum absolute atomic E-state index is 11.0. The van der Waals surface area contributed by atoms with E-state index < -0.39 is 10.0 Å². The number of rotatable bonds is 4. The summed E-state index contributed by atoms with van der Waals surface area (Å²) in [5, 5.41) is 7.19. The fourth-order valence-corrected chi connectivity index (χ4v) is 3.48. The zero-order valence-corrected chi connectivity index (χ0v) is 13.4. The quantitative estimate of drug-likeness (QED) is 0.905. The molecule has 2 heterocycles. The van der Waals surface area contributed by atoms with Gasteiger partial charge in [0.15, 0.2) is 0 Å². The number of hydrogen-bond donors (Lipinski definition) is 2. The Hall–Kier alpha value is -1.63. The monoisotopic (exact) mass is 319 g/mol. The number of aromatic nitrogens is 1. The third-order valence-electron chi connectivity index (χ3n) is 4.37. The average molecular weight is 319 g/mol. The summed E-state index contributed by atoms with van der Waals surface area (Å²) in [6, 6.07) is 6.45. The number of likely N-dealkylation sites (tertiary alicyclic amines) is 1. The van der Waals surface area contributed by atoms with E-state index in [1.807, 2.05) is 18.2 Å². The number of H-pyrrole nitrogens is 1. The number of benzene rings is 1. The van der Waals surface area contributed by atoms with Gasteiger partial charge in [0.25, 0.3) is 0 Å². The predicted octanol–water partition coefficient (Wildman–Crippen LogP) is 2.06. The van der Waals surface area contributed by atoms with Gasteiger partial charge in [-0.3, -0.25) is 0 Å². The lowest BCUT2D eigenvalue weighted by molar-refractivity contribution is 0.310. The highest BCUT2D eigenvalue weighted by Crippen LogP contribution is 2.25. The molecule has 22 heavy (non-hydrogen) atoms. The number of likely N-dealkylation sites (N-methyl/N-ethyl adjacent to an activating group) is 1. The Morgan fingerprint density at radius 2 is 2.27 bits per heavy atom. The molecule has 3 rings (SSSR count). The second-order valence-corrected chi connectivity index (χ2v) is 7.44. The van der Waals surface area contributed by atoms with Crippen LogP contribution in [-0.4, -0.2) is 37.9 Å². The Kier molecular flexibility index (Phi) is 4.08. The minimum absolute atomic E-state index is 0.586. The van der Waals surface area contributed by atoms with Gasteiger partial charge in [0, 0.05) is 28.5 Å². The summed E-state index contributed by atoms with van der Waals surface area (Å²) in [4.78, 5) is 5.70. The number of nitrogens with zero attached hydrogens (tertiary/aromatic N) is 1. The van der Waals surface area contributed by atoms with Crippen LogP contribution in [0.1, 0.15) is 24.0 Å². The molecule has 0 amide bonds. The van der Waals surface area contributed by atoms with Crippen LogP contribution in [0.4, 0.5) is 0 Å². The van der Waals surface area contributed by atoms with E-state index in [9.17, 15) is 8.42 Å². The predicted molar refractivity (Wildman–Crippen MR) is 89.8 cm³/mol. The highest BCUT2D eigenvalue weighted by atomic mass is 32.2. The number of sulfonamides is 1. The summed E-state index contributed by atoms with van der Waals surface area (Å²) >= 11 is 0. The molecule has 1 aliphatic rings. The molecule has 0 saturated carbocycles. The smallest absolute Gasteiger partial charge is 0.231 e. The van der Waals surface area contributed by atoms with E-state index in [1.54, 1.807) is 0 Å². The van der Waals surface area contributed by atoms with Gasteiger partial charge in [-0.15, -0.1) is 0 Å². The van der Waals surface area contributed by atoms with Crippen LogP contribution in [0.15, 0.2) is 29.8 Å². The zero-order valence-electron chi connectivity index (χ0n) is 12.6. The summed E-state index contributed by atoms with van der Waals surface area (Å²) in [7, 11) is -1.42. The largest absolute Gasteiger partial charge is 0.361 e. The topological polar surface area (TPSA) is 79.2 Å². The molecule has 0 radical (unpaired) electrons. The van der Waals surface area contributed by atoms with Crippen LogP contribution in [0, 0.1) is 0 Å². The second kappa shape index (κ2) is 5.87. The van der Waals surface area contributed by atoms with Crippen LogP contribution < -0.4 is 5.14 Å². The molecule has 0 bridgehead atoms. The van der Waals surface area contributed by atoms with Crippen molar-refractivity contribution in [3.05, 3.63) is 40.9 Å². The molecule has 2 aromatic rings. The first-order chi connectivity index (χ1) is 10.4. The van der Waals surface area contributed by atoms with Crippen LogP contribution >= 0.6 is 0 Å². The number of fused-ring (bicyclic) bond motifs is 1.